The molecule has 2 bridgehead atoms. The van der Waals surface area contributed by atoms with Gasteiger partial charge in [-0.1, -0.05) is 90.1 Å². The van der Waals surface area contributed by atoms with Gasteiger partial charge in [-0.3, -0.25) is 28.8 Å². The average molecular weight is 929 g/mol. The number of hydrogen-bond donors (Lipinski definition) is 3. The van der Waals surface area contributed by atoms with E-state index >= 15 is 9.59 Å². The Kier molecular flexibility index (Phi) is 13.2. The number of hydrogen-bond acceptors (Lipinski definition) is 15. The van der Waals surface area contributed by atoms with E-state index in [2.05, 4.69) is 10.6 Å². The van der Waals surface area contributed by atoms with Gasteiger partial charge in [0.05, 0.1) is 30.2 Å². The van der Waals surface area contributed by atoms with E-state index < -0.39 is 124 Å². The molecule has 7 rings (SSSR count). The molecule has 1 saturated heterocycles. The highest BCUT2D eigenvalue weighted by Gasteiger charge is 2.89. The second-order valence-electron chi connectivity index (χ2n) is 20.9. The molecule has 16 heteroatoms. The maximum absolute atomic E-state index is 15.9. The molecule has 3 saturated carbocycles. The van der Waals surface area contributed by atoms with Crippen molar-refractivity contribution >= 4 is 41.5 Å². The molecule has 362 valence electrons. The van der Waals surface area contributed by atoms with Crippen LogP contribution < -0.4 is 10.6 Å². The lowest BCUT2D eigenvalue weighted by atomic mass is 9.42. The third kappa shape index (κ3) is 8.36. The number of benzene rings is 2. The summed E-state index contributed by atoms with van der Waals surface area (Å²) in [4.78, 5) is 98.5. The minimum Gasteiger partial charge on any atom is -0.464 e. The molecule has 0 radical (unpaired) electrons. The summed E-state index contributed by atoms with van der Waals surface area (Å²) in [6, 6.07) is 15.7. The van der Waals surface area contributed by atoms with Crippen molar-refractivity contribution in [2.24, 2.45) is 33.5 Å². The maximum Gasteiger partial charge on any atom is 0.338 e. The van der Waals surface area contributed by atoms with E-state index in [0.717, 1.165) is 0 Å². The fourth-order valence-corrected chi connectivity index (χ4v) is 11.9. The highest BCUT2D eigenvalue weighted by molar-refractivity contribution is 5.98. The molecule has 0 aromatic heterocycles. The number of ether oxygens (including phenoxy) is 6. The Labute approximate surface area is 391 Å². The summed E-state index contributed by atoms with van der Waals surface area (Å²) >= 11 is 0. The number of Topliss-reactive ketones (excluding diaryl/α,β-unsaturated/α-hetero) is 1. The van der Waals surface area contributed by atoms with Crippen LogP contribution >= 0.6 is 0 Å². The molecule has 1 spiro atoms. The molecule has 3 N–H and O–H groups in total. The van der Waals surface area contributed by atoms with Gasteiger partial charge in [-0.15, -0.1) is 0 Å². The van der Waals surface area contributed by atoms with Crippen LogP contribution in [0.5, 0.6) is 0 Å². The molecule has 1 heterocycles. The second-order valence-corrected chi connectivity index (χ2v) is 20.9. The number of amides is 1. The van der Waals surface area contributed by atoms with Gasteiger partial charge < -0.3 is 44.2 Å². The van der Waals surface area contributed by atoms with Crippen molar-refractivity contribution in [1.82, 2.24) is 10.6 Å². The second kappa shape index (κ2) is 17.9. The Morgan fingerprint density at radius 3 is 2.10 bits per heavy atom. The lowest BCUT2D eigenvalue weighted by Crippen LogP contribution is -2.82. The lowest BCUT2D eigenvalue weighted by molar-refractivity contribution is -0.356. The first-order valence-corrected chi connectivity index (χ1v) is 23.0. The van der Waals surface area contributed by atoms with E-state index in [1.54, 1.807) is 95.4 Å². The Bertz CT molecular complexity index is 2340. The van der Waals surface area contributed by atoms with Crippen LogP contribution in [0.1, 0.15) is 110 Å². The zero-order valence-electron chi connectivity index (χ0n) is 40.0. The molecule has 5 aliphatic rings. The van der Waals surface area contributed by atoms with Crippen LogP contribution in [-0.4, -0.2) is 109 Å². The van der Waals surface area contributed by atoms with Gasteiger partial charge >= 0.3 is 29.8 Å². The Morgan fingerprint density at radius 1 is 0.896 bits per heavy atom. The monoisotopic (exact) mass is 928 g/mol. The van der Waals surface area contributed by atoms with Gasteiger partial charge in [0.15, 0.2) is 17.5 Å². The van der Waals surface area contributed by atoms with Crippen molar-refractivity contribution < 1.29 is 67.1 Å². The van der Waals surface area contributed by atoms with E-state index in [1.807, 2.05) is 20.8 Å². The number of carbonyl (C=O) groups excluding carboxylic acids is 7. The van der Waals surface area contributed by atoms with Crippen molar-refractivity contribution in [3.8, 4) is 0 Å². The first kappa shape index (κ1) is 49.5. The number of rotatable bonds is 14. The summed E-state index contributed by atoms with van der Waals surface area (Å²) in [6.45, 7) is 13.8. The fourth-order valence-electron chi connectivity index (χ4n) is 11.9. The summed E-state index contributed by atoms with van der Waals surface area (Å²) in [5.74, 6) is -6.65. The smallest absolute Gasteiger partial charge is 0.338 e. The molecular weight excluding hydrogens is 865 g/mol. The van der Waals surface area contributed by atoms with Gasteiger partial charge in [-0.05, 0) is 67.0 Å². The van der Waals surface area contributed by atoms with Crippen molar-refractivity contribution in [1.29, 1.82) is 0 Å². The molecule has 1 amide bonds. The van der Waals surface area contributed by atoms with Crippen molar-refractivity contribution in [2.75, 3.05) is 26.8 Å². The standard InChI is InChI=1S/C51H64N2O14/c1-28-35(65-44(60)34(26-62-38(57)25-52-10)40(31-17-13-11-14-18-31)53-37(56)24-46(4,5)6)23-50(61)45(66-43(59)32-19-15-12-16-20-32)48(9)49(42(58)41(64-29(2)54)39(28)47(50,7)8)22-33(49)21-36-51(48,27-63-36)67-30(3)55/h11-20,33-36,40-41,45,52,61H,21-27H2,1-10H3,(H,53,56)/t33-,34-,35+,36-,40+,41?,45+,48+,49?,50?,51+/m1/s1. The van der Waals surface area contributed by atoms with Gasteiger partial charge in [0.2, 0.25) is 5.91 Å². The van der Waals surface area contributed by atoms with Crippen LogP contribution in [-0.2, 0) is 57.2 Å². The maximum atomic E-state index is 15.9. The van der Waals surface area contributed by atoms with Gasteiger partial charge in [0.25, 0.3) is 0 Å². The Hall–Kier alpha value is -5.45. The molecule has 11 atom stereocenters. The van der Waals surface area contributed by atoms with Gasteiger partial charge in [0.1, 0.15) is 36.4 Å². The minimum atomic E-state index is -2.29. The van der Waals surface area contributed by atoms with Crippen LogP contribution in [0.25, 0.3) is 0 Å². The first-order chi connectivity index (χ1) is 31.4. The molecule has 1 aliphatic heterocycles. The van der Waals surface area contributed by atoms with Crippen LogP contribution in [0.2, 0.25) is 0 Å². The zero-order chi connectivity index (χ0) is 49.1. The van der Waals surface area contributed by atoms with Crippen LogP contribution in [0.3, 0.4) is 0 Å². The number of esters is 5. The number of likely N-dealkylation sites (N-methyl/N-ethyl adjacent to an activating group) is 1. The predicted octanol–water partition coefficient (Wildman–Crippen LogP) is 4.91. The van der Waals surface area contributed by atoms with Gasteiger partial charge in [-0.25, -0.2) is 4.79 Å². The van der Waals surface area contributed by atoms with Gasteiger partial charge in [-0.2, -0.15) is 0 Å². The molecule has 4 fully saturated rings. The summed E-state index contributed by atoms with van der Waals surface area (Å²) in [5.41, 5.74) is -8.07. The quantitative estimate of drug-likeness (QED) is 0.130. The van der Waals surface area contributed by atoms with E-state index in [4.69, 9.17) is 28.4 Å². The topological polar surface area (TPSA) is 219 Å². The summed E-state index contributed by atoms with van der Waals surface area (Å²) in [6.07, 6.45) is -5.29. The summed E-state index contributed by atoms with van der Waals surface area (Å²) in [7, 11) is 1.56. The first-order valence-electron chi connectivity index (χ1n) is 23.0. The van der Waals surface area contributed by atoms with Crippen molar-refractivity contribution in [3.05, 3.63) is 82.9 Å². The van der Waals surface area contributed by atoms with Crippen LogP contribution in [0, 0.1) is 33.5 Å². The van der Waals surface area contributed by atoms with E-state index in [9.17, 15) is 29.1 Å². The van der Waals surface area contributed by atoms with Crippen molar-refractivity contribution in [2.45, 2.75) is 130 Å². The highest BCUT2D eigenvalue weighted by atomic mass is 16.6. The molecule has 67 heavy (non-hydrogen) atoms. The van der Waals surface area contributed by atoms with E-state index in [-0.39, 0.29) is 43.0 Å². The average Bonchev–Trinajstić information content (AvgIpc) is 3.99. The molecule has 4 aliphatic carbocycles. The zero-order valence-corrected chi connectivity index (χ0v) is 40.0. The summed E-state index contributed by atoms with van der Waals surface area (Å²) in [5, 5.41) is 19.8. The minimum absolute atomic E-state index is 0.0874. The predicted molar refractivity (Wildman–Crippen MR) is 239 cm³/mol. The number of carbonyl (C=O) groups is 7. The normalized spacial score (nSPS) is 32.2. The lowest BCUT2D eigenvalue weighted by Gasteiger charge is -2.69. The molecule has 2 aromatic carbocycles. The third-order valence-corrected chi connectivity index (χ3v) is 15.2. The highest BCUT2D eigenvalue weighted by Crippen LogP contribution is 2.80. The number of nitrogens with one attached hydrogen (secondary N) is 2. The Balaban J connectivity index is 1.42. The van der Waals surface area contributed by atoms with Crippen molar-refractivity contribution in [3.63, 3.8) is 0 Å². The third-order valence-electron chi connectivity index (χ3n) is 15.2. The number of ketones is 1. The van der Waals surface area contributed by atoms with Gasteiger partial charge in [0, 0.05) is 37.5 Å². The Morgan fingerprint density at radius 2 is 1.54 bits per heavy atom. The van der Waals surface area contributed by atoms with E-state index in [1.165, 1.54) is 13.8 Å². The number of fused-ring (bicyclic) bond motifs is 4. The SMILES string of the molecule is CNCC(=O)OC[C@@H](C(=O)O[C@H]1CC2(O)[C@@H](OC(=O)c3ccccc3)[C@@]3(C)C4(C[C@H]4C[C@H]4OC[C@]43OC(C)=O)C(=O)C(OC(C)=O)C(=C1C)C2(C)C)[C@@H](NC(=O)CC(C)(C)C)c1ccccc1. The van der Waals surface area contributed by atoms with Crippen LogP contribution in [0.15, 0.2) is 71.8 Å². The molecule has 16 nitrogen and oxygen atoms in total. The molecule has 2 aromatic rings. The van der Waals surface area contributed by atoms with E-state index in [0.29, 0.717) is 17.6 Å². The van der Waals surface area contributed by atoms with Crippen LogP contribution in [0.4, 0.5) is 0 Å². The molecule has 3 unspecified atom stereocenters. The fraction of sp³-hybridized carbons (Fsp3) is 0.588. The summed E-state index contributed by atoms with van der Waals surface area (Å²) < 4.78 is 37.3. The molecular formula is C51H64N2O14. The number of aliphatic hydroxyl groups is 1. The largest absolute Gasteiger partial charge is 0.464 e.